The fourth-order valence-corrected chi connectivity index (χ4v) is 2.23. The van der Waals surface area contributed by atoms with E-state index in [0.717, 1.165) is 16.5 Å². The maximum atomic E-state index is 9.75. The molecule has 0 saturated carbocycles. The summed E-state index contributed by atoms with van der Waals surface area (Å²) in [4.78, 5) is 4.29. The number of nitrogens with zero attached hydrogens (tertiary/aromatic N) is 1. The molecule has 4 nitrogen and oxygen atoms in total. The lowest BCUT2D eigenvalue weighted by Crippen LogP contribution is -1.93. The average Bonchev–Trinajstić information content (AvgIpc) is 2.51. The summed E-state index contributed by atoms with van der Waals surface area (Å²) in [7, 11) is 1.63. The van der Waals surface area contributed by atoms with Crippen molar-refractivity contribution in [1.82, 2.24) is 4.98 Å². The molecule has 1 aromatic heterocycles. The van der Waals surface area contributed by atoms with Crippen molar-refractivity contribution in [3.63, 3.8) is 0 Å². The van der Waals surface area contributed by atoms with Crippen LogP contribution in [0.15, 0.2) is 48.7 Å². The van der Waals surface area contributed by atoms with Crippen LogP contribution in [0.2, 0.25) is 0 Å². The Morgan fingerprint density at radius 2 is 1.71 bits per heavy atom. The van der Waals surface area contributed by atoms with Gasteiger partial charge in [0.2, 0.25) is 5.88 Å². The smallest absolute Gasteiger partial charge is 0.227 e. The molecule has 0 unspecified atom stereocenters. The molecule has 0 bridgehead atoms. The second kappa shape index (κ2) is 5.32. The second-order valence-corrected chi connectivity index (χ2v) is 4.67. The number of aromatic hydroxyl groups is 1. The van der Waals surface area contributed by atoms with E-state index in [-0.39, 0.29) is 5.75 Å². The predicted octanol–water partition coefficient (Wildman–Crippen LogP) is 4.05. The van der Waals surface area contributed by atoms with Gasteiger partial charge in [0, 0.05) is 22.5 Å². The molecule has 0 radical (unpaired) electrons. The molecule has 1 N–H and O–H groups in total. The Morgan fingerprint density at radius 1 is 0.952 bits per heavy atom. The first kappa shape index (κ1) is 13.2. The van der Waals surface area contributed by atoms with E-state index in [0.29, 0.717) is 17.2 Å². The van der Waals surface area contributed by atoms with Crippen LogP contribution in [0.25, 0.3) is 10.8 Å². The standard InChI is InChI=1S/C17H15NO3/c1-11-14(19)6-4-7-15(11)21-17-13-5-3-8-16(20-2)12(13)9-10-18-17/h3-10,19H,1-2H3. The van der Waals surface area contributed by atoms with E-state index < -0.39 is 0 Å². The van der Waals surface area contributed by atoms with Gasteiger partial charge in [0.25, 0.3) is 0 Å². The molecule has 106 valence electrons. The molecule has 0 atom stereocenters. The van der Waals surface area contributed by atoms with Crippen LogP contribution in [-0.2, 0) is 0 Å². The number of phenolic OH excluding ortho intramolecular Hbond substituents is 1. The van der Waals surface area contributed by atoms with Crippen LogP contribution in [0, 0.1) is 6.92 Å². The van der Waals surface area contributed by atoms with Crippen LogP contribution in [0.4, 0.5) is 0 Å². The van der Waals surface area contributed by atoms with E-state index in [9.17, 15) is 5.11 Å². The Balaban J connectivity index is 2.11. The summed E-state index contributed by atoms with van der Waals surface area (Å²) in [5.41, 5.74) is 0.680. The lowest BCUT2D eigenvalue weighted by molar-refractivity contribution is 0.419. The summed E-state index contributed by atoms with van der Waals surface area (Å²) >= 11 is 0. The van der Waals surface area contributed by atoms with Gasteiger partial charge in [0.15, 0.2) is 0 Å². The van der Waals surface area contributed by atoms with E-state index in [1.807, 2.05) is 24.3 Å². The number of hydrogen-bond donors (Lipinski definition) is 1. The molecule has 3 aromatic rings. The quantitative estimate of drug-likeness (QED) is 0.787. The van der Waals surface area contributed by atoms with Gasteiger partial charge in [-0.3, -0.25) is 0 Å². The maximum absolute atomic E-state index is 9.75. The highest BCUT2D eigenvalue weighted by Gasteiger charge is 2.10. The molecule has 0 aliphatic carbocycles. The fourth-order valence-electron chi connectivity index (χ4n) is 2.23. The largest absolute Gasteiger partial charge is 0.508 e. The van der Waals surface area contributed by atoms with Crippen LogP contribution in [0.3, 0.4) is 0 Å². The van der Waals surface area contributed by atoms with E-state index in [1.165, 1.54) is 0 Å². The molecule has 4 heteroatoms. The monoisotopic (exact) mass is 281 g/mol. The van der Waals surface area contributed by atoms with Gasteiger partial charge in [0.05, 0.1) is 7.11 Å². The molecule has 2 aromatic carbocycles. The molecule has 0 saturated heterocycles. The first-order valence-corrected chi connectivity index (χ1v) is 6.59. The zero-order chi connectivity index (χ0) is 14.8. The van der Waals surface area contributed by atoms with Crippen LogP contribution < -0.4 is 9.47 Å². The maximum Gasteiger partial charge on any atom is 0.227 e. The zero-order valence-corrected chi connectivity index (χ0v) is 11.8. The molecule has 0 aliphatic heterocycles. The minimum Gasteiger partial charge on any atom is -0.508 e. The van der Waals surface area contributed by atoms with Gasteiger partial charge < -0.3 is 14.6 Å². The number of fused-ring (bicyclic) bond motifs is 1. The van der Waals surface area contributed by atoms with Crippen molar-refractivity contribution in [2.75, 3.05) is 7.11 Å². The van der Waals surface area contributed by atoms with Crippen LogP contribution >= 0.6 is 0 Å². The predicted molar refractivity (Wildman–Crippen MR) is 81.2 cm³/mol. The summed E-state index contributed by atoms with van der Waals surface area (Å²) in [6.07, 6.45) is 1.68. The average molecular weight is 281 g/mol. The summed E-state index contributed by atoms with van der Waals surface area (Å²) in [5, 5.41) is 11.5. The van der Waals surface area contributed by atoms with Gasteiger partial charge in [0.1, 0.15) is 17.2 Å². The number of hydrogen-bond acceptors (Lipinski definition) is 4. The van der Waals surface area contributed by atoms with Crippen molar-refractivity contribution in [3.8, 4) is 23.1 Å². The Morgan fingerprint density at radius 3 is 2.52 bits per heavy atom. The minimum absolute atomic E-state index is 0.199. The van der Waals surface area contributed by atoms with E-state index in [1.54, 1.807) is 38.4 Å². The van der Waals surface area contributed by atoms with Crippen molar-refractivity contribution in [3.05, 3.63) is 54.2 Å². The normalized spacial score (nSPS) is 10.6. The Labute approximate surface area is 122 Å². The van der Waals surface area contributed by atoms with Crippen molar-refractivity contribution in [2.45, 2.75) is 6.92 Å². The number of ether oxygens (including phenoxy) is 2. The van der Waals surface area contributed by atoms with Crippen LogP contribution in [-0.4, -0.2) is 17.2 Å². The Bertz CT molecular complexity index is 799. The first-order chi connectivity index (χ1) is 10.2. The SMILES string of the molecule is COc1cccc2c(Oc3cccc(O)c3C)nccc12. The second-order valence-electron chi connectivity index (χ2n) is 4.67. The zero-order valence-electron chi connectivity index (χ0n) is 11.8. The topological polar surface area (TPSA) is 51.6 Å². The van der Waals surface area contributed by atoms with Crippen molar-refractivity contribution >= 4 is 10.8 Å². The Kier molecular flexibility index (Phi) is 3.36. The summed E-state index contributed by atoms with van der Waals surface area (Å²) in [6.45, 7) is 1.80. The highest BCUT2D eigenvalue weighted by atomic mass is 16.5. The number of benzene rings is 2. The first-order valence-electron chi connectivity index (χ1n) is 6.59. The summed E-state index contributed by atoms with van der Waals surface area (Å²) in [6, 6.07) is 12.8. The minimum atomic E-state index is 0.199. The number of aromatic nitrogens is 1. The number of pyridine rings is 1. The molecule has 3 rings (SSSR count). The van der Waals surface area contributed by atoms with Gasteiger partial charge in [-0.15, -0.1) is 0 Å². The lowest BCUT2D eigenvalue weighted by atomic mass is 10.1. The van der Waals surface area contributed by atoms with Crippen molar-refractivity contribution < 1.29 is 14.6 Å². The van der Waals surface area contributed by atoms with Crippen LogP contribution in [0.5, 0.6) is 23.1 Å². The van der Waals surface area contributed by atoms with E-state index in [2.05, 4.69) is 4.98 Å². The molecule has 0 aliphatic rings. The molecule has 0 fully saturated rings. The third-order valence-corrected chi connectivity index (χ3v) is 3.41. The number of methoxy groups -OCH3 is 1. The van der Waals surface area contributed by atoms with E-state index in [4.69, 9.17) is 9.47 Å². The molecule has 0 amide bonds. The van der Waals surface area contributed by atoms with Crippen LogP contribution in [0.1, 0.15) is 5.56 Å². The number of phenols is 1. The molecular formula is C17H15NO3. The summed E-state index contributed by atoms with van der Waals surface area (Å²) < 4.78 is 11.2. The van der Waals surface area contributed by atoms with E-state index >= 15 is 0 Å². The number of rotatable bonds is 3. The van der Waals surface area contributed by atoms with Gasteiger partial charge in [-0.05, 0) is 37.3 Å². The van der Waals surface area contributed by atoms with Crippen molar-refractivity contribution in [2.24, 2.45) is 0 Å². The lowest BCUT2D eigenvalue weighted by Gasteiger charge is -2.12. The van der Waals surface area contributed by atoms with Gasteiger partial charge in [-0.1, -0.05) is 12.1 Å². The van der Waals surface area contributed by atoms with Gasteiger partial charge in [-0.25, -0.2) is 4.98 Å². The summed E-state index contributed by atoms with van der Waals surface area (Å²) in [5.74, 6) is 2.04. The third-order valence-electron chi connectivity index (χ3n) is 3.41. The molecule has 1 heterocycles. The highest BCUT2D eigenvalue weighted by Crippen LogP contribution is 2.35. The fraction of sp³-hybridized carbons (Fsp3) is 0.118. The van der Waals surface area contributed by atoms with Crippen molar-refractivity contribution in [1.29, 1.82) is 0 Å². The molecule has 0 spiro atoms. The molecule has 21 heavy (non-hydrogen) atoms. The van der Waals surface area contributed by atoms with Gasteiger partial charge in [-0.2, -0.15) is 0 Å². The van der Waals surface area contributed by atoms with Gasteiger partial charge >= 0.3 is 0 Å². The third kappa shape index (κ3) is 2.36. The molecular weight excluding hydrogens is 266 g/mol. The Hall–Kier alpha value is -2.75. The highest BCUT2D eigenvalue weighted by molar-refractivity contribution is 5.91.